The Labute approximate surface area is 159 Å². The van der Waals surface area contributed by atoms with E-state index in [-0.39, 0.29) is 5.56 Å². The van der Waals surface area contributed by atoms with E-state index in [9.17, 15) is 4.79 Å². The Morgan fingerprint density at radius 2 is 1.85 bits per heavy atom. The minimum atomic E-state index is -0.0573. The molecule has 0 aliphatic carbocycles. The van der Waals surface area contributed by atoms with Gasteiger partial charge in [-0.1, -0.05) is 19.1 Å². The van der Waals surface area contributed by atoms with Crippen LogP contribution in [-0.4, -0.2) is 35.0 Å². The smallest absolute Gasteiger partial charge is 0.258 e. The Morgan fingerprint density at radius 1 is 1.04 bits per heavy atom. The minimum absolute atomic E-state index is 0.0573. The lowest BCUT2D eigenvalue weighted by atomic mass is 10.1. The van der Waals surface area contributed by atoms with Gasteiger partial charge in [0.1, 0.15) is 5.65 Å². The molecular formula is C21H25N3O3. The van der Waals surface area contributed by atoms with E-state index < -0.39 is 0 Å². The molecule has 3 rings (SSSR count). The average molecular weight is 367 g/mol. The van der Waals surface area contributed by atoms with E-state index in [0.717, 1.165) is 30.8 Å². The van der Waals surface area contributed by atoms with Gasteiger partial charge in [0.05, 0.1) is 19.9 Å². The Hall–Kier alpha value is -2.86. The molecule has 6 nitrogen and oxygen atoms in total. The largest absolute Gasteiger partial charge is 0.493 e. The van der Waals surface area contributed by atoms with Gasteiger partial charge in [-0.2, -0.15) is 0 Å². The van der Waals surface area contributed by atoms with Crippen LogP contribution in [0.15, 0.2) is 53.5 Å². The number of hydrogen-bond donors (Lipinski definition) is 0. The summed E-state index contributed by atoms with van der Waals surface area (Å²) in [6, 6.07) is 13.1. The van der Waals surface area contributed by atoms with Crippen LogP contribution in [0.25, 0.3) is 5.65 Å². The van der Waals surface area contributed by atoms with Gasteiger partial charge in [0.2, 0.25) is 0 Å². The standard InChI is InChI=1S/C21H25N3O3/c1-4-10-23(14-16-8-9-18(26-2)19(12-16)27-3)15-17-13-21(25)24-11-6-5-7-20(24)22-17/h5-9,11-13H,4,10,14-15H2,1-3H3. The summed E-state index contributed by atoms with van der Waals surface area (Å²) in [6.07, 6.45) is 2.75. The fraction of sp³-hybridized carbons (Fsp3) is 0.333. The third-order valence-corrected chi connectivity index (χ3v) is 4.40. The summed E-state index contributed by atoms with van der Waals surface area (Å²) in [5, 5.41) is 0. The number of rotatable bonds is 8. The number of aromatic nitrogens is 2. The van der Waals surface area contributed by atoms with Gasteiger partial charge in [0.25, 0.3) is 5.56 Å². The highest BCUT2D eigenvalue weighted by Crippen LogP contribution is 2.28. The molecular weight excluding hydrogens is 342 g/mol. The van der Waals surface area contributed by atoms with E-state index in [1.165, 1.54) is 0 Å². The molecule has 142 valence electrons. The van der Waals surface area contributed by atoms with Gasteiger partial charge >= 0.3 is 0 Å². The van der Waals surface area contributed by atoms with Crippen molar-refractivity contribution >= 4 is 5.65 Å². The number of fused-ring (bicyclic) bond motifs is 1. The van der Waals surface area contributed by atoms with Crippen molar-refractivity contribution in [3.8, 4) is 11.5 Å². The van der Waals surface area contributed by atoms with Crippen molar-refractivity contribution in [2.24, 2.45) is 0 Å². The maximum atomic E-state index is 12.3. The Balaban J connectivity index is 1.83. The molecule has 0 aliphatic heterocycles. The van der Waals surface area contributed by atoms with E-state index in [1.807, 2.05) is 36.4 Å². The zero-order valence-corrected chi connectivity index (χ0v) is 16.0. The molecule has 0 saturated carbocycles. The van der Waals surface area contributed by atoms with Crippen molar-refractivity contribution in [3.05, 3.63) is 70.3 Å². The lowest BCUT2D eigenvalue weighted by Gasteiger charge is -2.22. The maximum absolute atomic E-state index is 12.3. The van der Waals surface area contributed by atoms with Crippen molar-refractivity contribution in [1.29, 1.82) is 0 Å². The van der Waals surface area contributed by atoms with Gasteiger partial charge in [-0.05, 0) is 42.8 Å². The molecule has 27 heavy (non-hydrogen) atoms. The van der Waals surface area contributed by atoms with Gasteiger partial charge in [0, 0.05) is 25.4 Å². The van der Waals surface area contributed by atoms with E-state index >= 15 is 0 Å². The van der Waals surface area contributed by atoms with Crippen molar-refractivity contribution in [2.45, 2.75) is 26.4 Å². The molecule has 0 aliphatic rings. The Kier molecular flexibility index (Phi) is 6.08. The number of benzene rings is 1. The van der Waals surface area contributed by atoms with Crippen LogP contribution in [-0.2, 0) is 13.1 Å². The number of methoxy groups -OCH3 is 2. The molecule has 0 radical (unpaired) electrons. The Morgan fingerprint density at radius 3 is 2.59 bits per heavy atom. The average Bonchev–Trinajstić information content (AvgIpc) is 2.68. The molecule has 1 aromatic carbocycles. The molecule has 0 bridgehead atoms. The first kappa shape index (κ1) is 18.9. The molecule has 2 aromatic heterocycles. The normalized spacial score (nSPS) is 11.1. The molecule has 0 saturated heterocycles. The highest BCUT2D eigenvalue weighted by Gasteiger charge is 2.11. The fourth-order valence-electron chi connectivity index (χ4n) is 3.18. The van der Waals surface area contributed by atoms with Crippen molar-refractivity contribution in [2.75, 3.05) is 20.8 Å². The van der Waals surface area contributed by atoms with Crippen LogP contribution in [0.3, 0.4) is 0 Å². The highest BCUT2D eigenvalue weighted by molar-refractivity contribution is 5.43. The fourth-order valence-corrected chi connectivity index (χ4v) is 3.18. The Bertz CT molecular complexity index is 968. The summed E-state index contributed by atoms with van der Waals surface area (Å²) in [5.41, 5.74) is 2.51. The summed E-state index contributed by atoms with van der Waals surface area (Å²) in [7, 11) is 3.27. The zero-order chi connectivity index (χ0) is 19.2. The van der Waals surface area contributed by atoms with Crippen LogP contribution in [0.5, 0.6) is 11.5 Å². The molecule has 0 atom stereocenters. The zero-order valence-electron chi connectivity index (χ0n) is 16.0. The molecule has 2 heterocycles. The topological polar surface area (TPSA) is 56.1 Å². The van der Waals surface area contributed by atoms with Crippen molar-refractivity contribution in [1.82, 2.24) is 14.3 Å². The van der Waals surface area contributed by atoms with Crippen molar-refractivity contribution < 1.29 is 9.47 Å². The predicted molar refractivity (Wildman–Crippen MR) is 105 cm³/mol. The number of ether oxygens (including phenoxy) is 2. The van der Waals surface area contributed by atoms with Gasteiger partial charge in [0.15, 0.2) is 11.5 Å². The molecule has 0 amide bonds. The summed E-state index contributed by atoms with van der Waals surface area (Å²) in [4.78, 5) is 19.2. The third kappa shape index (κ3) is 4.46. The lowest BCUT2D eigenvalue weighted by Crippen LogP contribution is -2.26. The molecule has 0 unspecified atom stereocenters. The summed E-state index contributed by atoms with van der Waals surface area (Å²) >= 11 is 0. The van der Waals surface area contributed by atoms with Crippen LogP contribution in [0.2, 0.25) is 0 Å². The minimum Gasteiger partial charge on any atom is -0.493 e. The molecule has 3 aromatic rings. The van der Waals surface area contributed by atoms with E-state index in [4.69, 9.17) is 9.47 Å². The highest BCUT2D eigenvalue weighted by atomic mass is 16.5. The van der Waals surface area contributed by atoms with Crippen LogP contribution in [0, 0.1) is 0 Å². The van der Waals surface area contributed by atoms with Gasteiger partial charge in [-0.3, -0.25) is 14.1 Å². The van der Waals surface area contributed by atoms with Crippen LogP contribution < -0.4 is 15.0 Å². The van der Waals surface area contributed by atoms with E-state index in [0.29, 0.717) is 23.7 Å². The first-order valence-electron chi connectivity index (χ1n) is 9.05. The first-order chi connectivity index (χ1) is 13.1. The molecule has 0 spiro atoms. The first-order valence-corrected chi connectivity index (χ1v) is 9.05. The van der Waals surface area contributed by atoms with Gasteiger partial charge in [-0.25, -0.2) is 4.98 Å². The summed E-state index contributed by atoms with van der Waals surface area (Å²) in [6.45, 7) is 4.40. The monoisotopic (exact) mass is 367 g/mol. The summed E-state index contributed by atoms with van der Waals surface area (Å²) in [5.74, 6) is 1.43. The molecule has 0 fully saturated rings. The quantitative estimate of drug-likeness (QED) is 0.612. The number of nitrogens with zero attached hydrogens (tertiary/aromatic N) is 3. The second-order valence-electron chi connectivity index (χ2n) is 6.41. The maximum Gasteiger partial charge on any atom is 0.258 e. The SMILES string of the molecule is CCCN(Cc1ccc(OC)c(OC)c1)Cc1cc(=O)n2ccccc2n1. The third-order valence-electron chi connectivity index (χ3n) is 4.40. The van der Waals surface area contributed by atoms with E-state index in [2.05, 4.69) is 16.8 Å². The second-order valence-corrected chi connectivity index (χ2v) is 6.41. The number of pyridine rings is 1. The molecule has 0 N–H and O–H groups in total. The van der Waals surface area contributed by atoms with Gasteiger partial charge < -0.3 is 9.47 Å². The van der Waals surface area contributed by atoms with Crippen LogP contribution in [0.4, 0.5) is 0 Å². The molecule has 6 heteroatoms. The van der Waals surface area contributed by atoms with E-state index in [1.54, 1.807) is 30.9 Å². The van der Waals surface area contributed by atoms with Gasteiger partial charge in [-0.15, -0.1) is 0 Å². The second kappa shape index (κ2) is 8.68. The van der Waals surface area contributed by atoms with Crippen molar-refractivity contribution in [3.63, 3.8) is 0 Å². The van der Waals surface area contributed by atoms with Crippen LogP contribution >= 0.6 is 0 Å². The van der Waals surface area contributed by atoms with Crippen LogP contribution in [0.1, 0.15) is 24.6 Å². The number of hydrogen-bond acceptors (Lipinski definition) is 5. The predicted octanol–water partition coefficient (Wildman–Crippen LogP) is 3.12. The summed E-state index contributed by atoms with van der Waals surface area (Å²) < 4.78 is 12.3. The lowest BCUT2D eigenvalue weighted by molar-refractivity contribution is 0.253.